The number of hydrogen-bond donors (Lipinski definition) is 0. The summed E-state index contributed by atoms with van der Waals surface area (Å²) < 4.78 is 16.4. The number of hydrogen-bond acceptors (Lipinski definition) is 6. The van der Waals surface area contributed by atoms with E-state index in [0.29, 0.717) is 19.3 Å². The minimum Gasteiger partial charge on any atom is -0.462 e. The predicted molar refractivity (Wildman–Crippen MR) is 173 cm³/mol. The van der Waals surface area contributed by atoms with Crippen LogP contribution in [0.5, 0.6) is 0 Å². The van der Waals surface area contributed by atoms with E-state index in [-0.39, 0.29) is 31.1 Å². The number of ether oxygens (including phenoxy) is 3. The first-order valence-corrected chi connectivity index (χ1v) is 18.0. The Kier molecular flexibility index (Phi) is 31.1. The summed E-state index contributed by atoms with van der Waals surface area (Å²) in [4.78, 5) is 37.1. The third kappa shape index (κ3) is 29.9. The lowest BCUT2D eigenvalue weighted by Crippen LogP contribution is -2.30. The molecule has 0 aliphatic rings. The summed E-state index contributed by atoms with van der Waals surface area (Å²) in [5, 5.41) is 0. The van der Waals surface area contributed by atoms with Gasteiger partial charge in [-0.25, -0.2) is 0 Å². The fourth-order valence-electron chi connectivity index (χ4n) is 5.09. The van der Waals surface area contributed by atoms with Gasteiger partial charge in [-0.1, -0.05) is 156 Å². The molecule has 0 bridgehead atoms. The highest BCUT2D eigenvalue weighted by molar-refractivity contribution is 5.71. The molecule has 0 aromatic heterocycles. The Balaban J connectivity index is 4.32. The lowest BCUT2D eigenvalue weighted by Gasteiger charge is -2.18. The smallest absolute Gasteiger partial charge is 0.306 e. The van der Waals surface area contributed by atoms with Gasteiger partial charge < -0.3 is 14.2 Å². The van der Waals surface area contributed by atoms with E-state index < -0.39 is 6.10 Å². The van der Waals surface area contributed by atoms with Crippen LogP contribution in [0.1, 0.15) is 194 Å². The second-order valence-electron chi connectivity index (χ2n) is 12.2. The molecular formula is C36H68O6. The molecule has 6 heteroatoms. The van der Waals surface area contributed by atoms with Gasteiger partial charge in [0.05, 0.1) is 0 Å². The molecule has 1 atom stereocenters. The molecule has 0 aliphatic heterocycles. The van der Waals surface area contributed by atoms with Crippen molar-refractivity contribution in [3.63, 3.8) is 0 Å². The first-order chi connectivity index (χ1) is 20.5. The van der Waals surface area contributed by atoms with Gasteiger partial charge in [0.2, 0.25) is 0 Å². The van der Waals surface area contributed by atoms with Crippen LogP contribution in [0.3, 0.4) is 0 Å². The predicted octanol–water partition coefficient (Wildman–Crippen LogP) is 10.6. The van der Waals surface area contributed by atoms with Gasteiger partial charge in [0.25, 0.3) is 0 Å². The molecule has 0 heterocycles. The van der Waals surface area contributed by atoms with Crippen LogP contribution in [-0.2, 0) is 28.6 Å². The minimum absolute atomic E-state index is 0.0654. The normalized spacial score (nSPS) is 11.8. The Labute approximate surface area is 259 Å². The third-order valence-corrected chi connectivity index (χ3v) is 7.86. The summed E-state index contributed by atoms with van der Waals surface area (Å²) in [6, 6.07) is 0. The van der Waals surface area contributed by atoms with Crippen molar-refractivity contribution in [3.8, 4) is 0 Å². The molecule has 0 aliphatic carbocycles. The molecule has 0 radical (unpaired) electrons. The van der Waals surface area contributed by atoms with Crippen LogP contribution in [0.25, 0.3) is 0 Å². The van der Waals surface area contributed by atoms with Crippen molar-refractivity contribution in [1.82, 2.24) is 0 Å². The van der Waals surface area contributed by atoms with Crippen molar-refractivity contribution in [2.45, 2.75) is 200 Å². The Hall–Kier alpha value is -1.59. The quantitative estimate of drug-likeness (QED) is 0.0436. The first kappa shape index (κ1) is 40.4. The molecule has 0 spiro atoms. The van der Waals surface area contributed by atoms with E-state index in [9.17, 15) is 14.4 Å². The van der Waals surface area contributed by atoms with E-state index in [4.69, 9.17) is 14.2 Å². The van der Waals surface area contributed by atoms with Crippen molar-refractivity contribution in [2.24, 2.45) is 0 Å². The van der Waals surface area contributed by atoms with Crippen molar-refractivity contribution < 1.29 is 28.6 Å². The highest BCUT2D eigenvalue weighted by Crippen LogP contribution is 2.13. The van der Waals surface area contributed by atoms with E-state index in [0.717, 1.165) is 57.8 Å². The number of esters is 3. The average Bonchev–Trinajstić information content (AvgIpc) is 2.98. The molecule has 0 saturated carbocycles. The summed E-state index contributed by atoms with van der Waals surface area (Å²) >= 11 is 0. The maximum atomic E-state index is 12.5. The van der Waals surface area contributed by atoms with Crippen molar-refractivity contribution in [1.29, 1.82) is 0 Å². The highest BCUT2D eigenvalue weighted by atomic mass is 16.6. The molecular weight excluding hydrogens is 528 g/mol. The van der Waals surface area contributed by atoms with Crippen LogP contribution in [0.4, 0.5) is 0 Å². The number of carbonyl (C=O) groups excluding carboxylic acids is 3. The SMILES string of the molecule is CCCCCCCCCCCCC(=O)OC[C@H](COC(=O)CCCCCCCCC)OC(=O)CCCCCCCCC. The van der Waals surface area contributed by atoms with Gasteiger partial charge in [0.1, 0.15) is 13.2 Å². The minimum atomic E-state index is -0.753. The van der Waals surface area contributed by atoms with Crippen LogP contribution in [0.15, 0.2) is 0 Å². The zero-order valence-electron chi connectivity index (χ0n) is 28.0. The third-order valence-electron chi connectivity index (χ3n) is 7.86. The number of rotatable bonds is 32. The fourth-order valence-corrected chi connectivity index (χ4v) is 5.09. The van der Waals surface area contributed by atoms with E-state index in [2.05, 4.69) is 20.8 Å². The molecule has 0 rings (SSSR count). The van der Waals surface area contributed by atoms with E-state index >= 15 is 0 Å². The molecule has 42 heavy (non-hydrogen) atoms. The van der Waals surface area contributed by atoms with Gasteiger partial charge in [0, 0.05) is 19.3 Å². The van der Waals surface area contributed by atoms with Crippen molar-refractivity contribution in [3.05, 3.63) is 0 Å². The fraction of sp³-hybridized carbons (Fsp3) is 0.917. The molecule has 0 aromatic carbocycles. The lowest BCUT2D eigenvalue weighted by molar-refractivity contribution is -0.167. The zero-order chi connectivity index (χ0) is 30.9. The van der Waals surface area contributed by atoms with Crippen LogP contribution in [0.2, 0.25) is 0 Å². The molecule has 0 amide bonds. The Morgan fingerprint density at radius 3 is 0.952 bits per heavy atom. The second kappa shape index (κ2) is 32.3. The summed E-state index contributed by atoms with van der Waals surface area (Å²) in [6.45, 7) is 6.52. The van der Waals surface area contributed by atoms with Gasteiger partial charge >= 0.3 is 17.9 Å². The van der Waals surface area contributed by atoms with Crippen molar-refractivity contribution in [2.75, 3.05) is 13.2 Å². The lowest BCUT2D eigenvalue weighted by atomic mass is 10.1. The number of unbranched alkanes of at least 4 members (excludes halogenated alkanes) is 21. The van der Waals surface area contributed by atoms with E-state index in [1.807, 2.05) is 0 Å². The standard InChI is InChI=1S/C36H68O6/c1-4-7-10-13-16-17-18-21-23-26-29-35(38)41-32-33(42-36(39)30-27-24-20-15-12-9-6-3)31-40-34(37)28-25-22-19-14-11-8-5-2/h33H,4-32H2,1-3H3/t33-/m0/s1. The monoisotopic (exact) mass is 597 g/mol. The molecule has 0 fully saturated rings. The molecule has 248 valence electrons. The molecule has 6 nitrogen and oxygen atoms in total. The van der Waals surface area contributed by atoms with Crippen LogP contribution >= 0.6 is 0 Å². The van der Waals surface area contributed by atoms with Gasteiger partial charge in [0.15, 0.2) is 6.10 Å². The Morgan fingerprint density at radius 2 is 0.643 bits per heavy atom. The zero-order valence-corrected chi connectivity index (χ0v) is 28.0. The first-order valence-electron chi connectivity index (χ1n) is 18.0. The van der Waals surface area contributed by atoms with Crippen LogP contribution < -0.4 is 0 Å². The largest absolute Gasteiger partial charge is 0.462 e. The van der Waals surface area contributed by atoms with Gasteiger partial charge in [-0.3, -0.25) is 14.4 Å². The highest BCUT2D eigenvalue weighted by Gasteiger charge is 2.19. The summed E-state index contributed by atoms with van der Waals surface area (Å²) in [7, 11) is 0. The maximum Gasteiger partial charge on any atom is 0.306 e. The topological polar surface area (TPSA) is 78.9 Å². The van der Waals surface area contributed by atoms with Crippen molar-refractivity contribution >= 4 is 17.9 Å². The molecule has 0 aromatic rings. The van der Waals surface area contributed by atoms with Gasteiger partial charge in [-0.2, -0.15) is 0 Å². The molecule has 0 saturated heterocycles. The van der Waals surface area contributed by atoms with Gasteiger partial charge in [-0.05, 0) is 19.3 Å². The van der Waals surface area contributed by atoms with E-state index in [1.165, 1.54) is 96.3 Å². The second-order valence-corrected chi connectivity index (χ2v) is 12.2. The molecule has 0 unspecified atom stereocenters. The summed E-state index contributed by atoms with van der Waals surface area (Å²) in [6.07, 6.45) is 28.2. The Morgan fingerprint density at radius 1 is 0.381 bits per heavy atom. The summed E-state index contributed by atoms with van der Waals surface area (Å²) in [5.41, 5.74) is 0. The van der Waals surface area contributed by atoms with E-state index in [1.54, 1.807) is 0 Å². The maximum absolute atomic E-state index is 12.5. The Bertz CT molecular complexity index is 620. The number of carbonyl (C=O) groups is 3. The molecule has 0 N–H and O–H groups in total. The summed E-state index contributed by atoms with van der Waals surface area (Å²) in [5.74, 6) is -0.882. The van der Waals surface area contributed by atoms with Crippen LogP contribution in [-0.4, -0.2) is 37.2 Å². The van der Waals surface area contributed by atoms with Gasteiger partial charge in [-0.15, -0.1) is 0 Å². The average molecular weight is 597 g/mol. The van der Waals surface area contributed by atoms with Crippen LogP contribution in [0, 0.1) is 0 Å².